The second-order valence-electron chi connectivity index (χ2n) is 6.11. The van der Waals surface area contributed by atoms with E-state index < -0.39 is 5.54 Å². The normalized spacial score (nSPS) is 25.0. The lowest BCUT2D eigenvalue weighted by atomic mass is 9.90. The Morgan fingerprint density at radius 3 is 2.40 bits per heavy atom. The van der Waals surface area contributed by atoms with Crippen molar-refractivity contribution in [1.29, 1.82) is 0 Å². The molecule has 2 aliphatic heterocycles. The van der Waals surface area contributed by atoms with Gasteiger partial charge in [0.05, 0.1) is 15.7 Å². The molecule has 2 atom stereocenters. The number of hydrogen-bond acceptors (Lipinski definition) is 2. The quantitative estimate of drug-likeness (QED) is 0.729. The van der Waals surface area contributed by atoms with Crippen LogP contribution in [0.5, 0.6) is 0 Å². The average molecular weight is 409 g/mol. The van der Waals surface area contributed by atoms with Crippen molar-refractivity contribution in [1.82, 2.24) is 15.6 Å². The Kier molecular flexibility index (Phi) is 4.03. The Labute approximate surface area is 166 Å². The third kappa shape index (κ3) is 2.56. The lowest BCUT2D eigenvalue weighted by Gasteiger charge is -2.31. The van der Waals surface area contributed by atoms with Crippen molar-refractivity contribution in [2.75, 3.05) is 5.01 Å². The van der Waals surface area contributed by atoms with Crippen molar-refractivity contribution >= 4 is 63.5 Å². The molecular weight excluding hydrogens is 395 g/mol. The van der Waals surface area contributed by atoms with Gasteiger partial charge in [0.2, 0.25) is 0 Å². The highest BCUT2D eigenvalue weighted by molar-refractivity contribution is 7.81. The van der Waals surface area contributed by atoms with Crippen LogP contribution in [0.3, 0.4) is 0 Å². The number of para-hydroxylation sites is 1. The van der Waals surface area contributed by atoms with E-state index in [1.54, 1.807) is 6.07 Å². The van der Waals surface area contributed by atoms with E-state index in [9.17, 15) is 0 Å². The van der Waals surface area contributed by atoms with Gasteiger partial charge in [0.15, 0.2) is 16.4 Å². The van der Waals surface area contributed by atoms with Crippen molar-refractivity contribution < 1.29 is 0 Å². The molecule has 2 aliphatic rings. The van der Waals surface area contributed by atoms with Crippen molar-refractivity contribution in [3.8, 4) is 0 Å². The Morgan fingerprint density at radius 1 is 1.00 bits per heavy atom. The number of halogens is 2. The standard InChI is InChI=1S/C17H14Cl2N4S2/c1-17(10-7-8-12(18)13(19)9-10)14-20-15(24)22(23(14)16(25)21-17)11-5-3-2-4-6-11/h2-9,14H,1H3,(H,20,24)(H,21,25)/t14-,17-/m1/s1. The molecule has 0 bridgehead atoms. The molecule has 2 heterocycles. The second kappa shape index (κ2) is 5.99. The Bertz CT molecular complexity index is 876. The summed E-state index contributed by atoms with van der Waals surface area (Å²) in [4.78, 5) is 0. The molecule has 2 fully saturated rings. The number of anilines is 1. The van der Waals surface area contributed by atoms with E-state index >= 15 is 0 Å². The van der Waals surface area contributed by atoms with Gasteiger partial charge >= 0.3 is 0 Å². The third-order valence-electron chi connectivity index (χ3n) is 4.55. The van der Waals surface area contributed by atoms with Gasteiger partial charge in [-0.25, -0.2) is 10.0 Å². The number of nitrogens with zero attached hydrogens (tertiary/aromatic N) is 2. The zero-order chi connectivity index (χ0) is 17.8. The highest BCUT2D eigenvalue weighted by Crippen LogP contribution is 2.39. The molecule has 0 saturated carbocycles. The van der Waals surface area contributed by atoms with Crippen LogP contribution in [0, 0.1) is 0 Å². The maximum Gasteiger partial charge on any atom is 0.194 e. The highest BCUT2D eigenvalue weighted by Gasteiger charge is 2.55. The number of fused-ring (bicyclic) bond motifs is 1. The fourth-order valence-electron chi connectivity index (χ4n) is 3.26. The van der Waals surface area contributed by atoms with E-state index in [1.807, 2.05) is 52.5 Å². The van der Waals surface area contributed by atoms with Gasteiger partial charge in [-0.15, -0.1) is 0 Å². The van der Waals surface area contributed by atoms with Crippen molar-refractivity contribution in [2.45, 2.75) is 18.6 Å². The average Bonchev–Trinajstić information content (AvgIpc) is 3.06. The molecule has 0 aliphatic carbocycles. The van der Waals surface area contributed by atoms with E-state index in [2.05, 4.69) is 17.6 Å². The maximum absolute atomic E-state index is 6.22. The number of hydrogen-bond donors (Lipinski definition) is 2. The zero-order valence-corrected chi connectivity index (χ0v) is 16.3. The SMILES string of the molecule is C[C@]1(c2ccc(Cl)c(Cl)c2)NC(=S)N2[C@H]1NC(=S)N2c1ccccc1. The van der Waals surface area contributed by atoms with Gasteiger partial charge in [0, 0.05) is 0 Å². The molecule has 4 rings (SSSR count). The van der Waals surface area contributed by atoms with Crippen molar-refractivity contribution in [3.05, 3.63) is 64.1 Å². The summed E-state index contributed by atoms with van der Waals surface area (Å²) < 4.78 is 0. The molecule has 2 aromatic carbocycles. The fraction of sp³-hybridized carbons (Fsp3) is 0.176. The van der Waals surface area contributed by atoms with E-state index in [1.165, 1.54) is 0 Å². The summed E-state index contributed by atoms with van der Waals surface area (Å²) in [6.45, 7) is 2.06. The van der Waals surface area contributed by atoms with Crippen molar-refractivity contribution in [3.63, 3.8) is 0 Å². The highest BCUT2D eigenvalue weighted by atomic mass is 35.5. The predicted octanol–water partition coefficient (Wildman–Crippen LogP) is 4.03. The molecule has 128 valence electrons. The molecule has 8 heteroatoms. The first kappa shape index (κ1) is 16.8. The number of benzene rings is 2. The number of hydrazine groups is 1. The lowest BCUT2D eigenvalue weighted by Crippen LogP contribution is -2.49. The molecule has 0 radical (unpaired) electrons. The van der Waals surface area contributed by atoms with Crippen molar-refractivity contribution in [2.24, 2.45) is 0 Å². The minimum absolute atomic E-state index is 0.176. The Balaban J connectivity index is 1.77. The van der Waals surface area contributed by atoms with Gasteiger partial charge < -0.3 is 10.6 Å². The lowest BCUT2D eigenvalue weighted by molar-refractivity contribution is 0.264. The van der Waals surface area contributed by atoms with Crippen LogP contribution in [0.1, 0.15) is 12.5 Å². The first-order chi connectivity index (χ1) is 11.9. The van der Waals surface area contributed by atoms with Crippen LogP contribution < -0.4 is 15.6 Å². The van der Waals surface area contributed by atoms with Crippen LogP contribution in [0.4, 0.5) is 5.69 Å². The molecule has 2 N–H and O–H groups in total. The Morgan fingerprint density at radius 2 is 1.72 bits per heavy atom. The maximum atomic E-state index is 6.22. The fourth-order valence-corrected chi connectivity index (χ4v) is 4.26. The smallest absolute Gasteiger partial charge is 0.194 e. The number of thiocarbonyl (C=S) groups is 2. The zero-order valence-electron chi connectivity index (χ0n) is 13.2. The van der Waals surface area contributed by atoms with Gasteiger partial charge in [0.25, 0.3) is 0 Å². The minimum atomic E-state index is -0.515. The van der Waals surface area contributed by atoms with Gasteiger partial charge in [0.1, 0.15) is 5.54 Å². The second-order valence-corrected chi connectivity index (χ2v) is 7.69. The van der Waals surface area contributed by atoms with Gasteiger partial charge in [-0.1, -0.05) is 47.5 Å². The van der Waals surface area contributed by atoms with E-state index in [0.717, 1.165) is 11.3 Å². The van der Waals surface area contributed by atoms with E-state index in [0.29, 0.717) is 20.3 Å². The van der Waals surface area contributed by atoms with Crippen LogP contribution in [-0.4, -0.2) is 21.4 Å². The minimum Gasteiger partial charge on any atom is -0.348 e. The molecule has 0 amide bonds. The first-order valence-corrected chi connectivity index (χ1v) is 9.21. The molecule has 25 heavy (non-hydrogen) atoms. The summed E-state index contributed by atoms with van der Waals surface area (Å²) in [5, 5.41) is 12.9. The summed E-state index contributed by atoms with van der Waals surface area (Å²) in [5.74, 6) is 0. The number of nitrogens with one attached hydrogen (secondary N) is 2. The molecule has 2 saturated heterocycles. The molecule has 0 unspecified atom stereocenters. The predicted molar refractivity (Wildman–Crippen MR) is 110 cm³/mol. The van der Waals surface area contributed by atoms with E-state index in [4.69, 9.17) is 47.6 Å². The van der Waals surface area contributed by atoms with Crippen LogP contribution in [0.25, 0.3) is 0 Å². The third-order valence-corrected chi connectivity index (χ3v) is 5.87. The Hall–Kier alpha value is -1.60. The first-order valence-electron chi connectivity index (χ1n) is 7.64. The largest absolute Gasteiger partial charge is 0.348 e. The monoisotopic (exact) mass is 408 g/mol. The molecule has 0 aromatic heterocycles. The summed E-state index contributed by atoms with van der Waals surface area (Å²) in [6.07, 6.45) is -0.176. The van der Waals surface area contributed by atoms with Crippen LogP contribution in [0.2, 0.25) is 10.0 Å². The summed E-state index contributed by atoms with van der Waals surface area (Å²) in [5.41, 5.74) is 1.41. The molecule has 0 spiro atoms. The van der Waals surface area contributed by atoms with E-state index in [-0.39, 0.29) is 6.17 Å². The van der Waals surface area contributed by atoms with Gasteiger partial charge in [-0.3, -0.25) is 0 Å². The van der Waals surface area contributed by atoms with Crippen LogP contribution in [-0.2, 0) is 5.54 Å². The topological polar surface area (TPSA) is 30.5 Å². The number of rotatable bonds is 2. The van der Waals surface area contributed by atoms with Crippen LogP contribution >= 0.6 is 47.6 Å². The summed E-state index contributed by atoms with van der Waals surface area (Å²) in [6, 6.07) is 15.5. The summed E-state index contributed by atoms with van der Waals surface area (Å²) >= 11 is 23.5. The van der Waals surface area contributed by atoms with Crippen LogP contribution in [0.15, 0.2) is 48.5 Å². The molecular formula is C17H14Cl2N4S2. The molecule has 2 aromatic rings. The van der Waals surface area contributed by atoms with Gasteiger partial charge in [-0.05, 0) is 61.2 Å². The molecule has 4 nitrogen and oxygen atoms in total. The summed E-state index contributed by atoms with van der Waals surface area (Å²) in [7, 11) is 0. The van der Waals surface area contributed by atoms with Gasteiger partial charge in [-0.2, -0.15) is 0 Å².